The van der Waals surface area contributed by atoms with Crippen LogP contribution in [0, 0.1) is 13.8 Å². The summed E-state index contributed by atoms with van der Waals surface area (Å²) in [5.74, 6) is 1.01. The third-order valence-corrected chi connectivity index (χ3v) is 4.73. The van der Waals surface area contributed by atoms with Gasteiger partial charge in [-0.2, -0.15) is 5.53 Å². The van der Waals surface area contributed by atoms with Crippen LogP contribution < -0.4 is 20.1 Å². The Morgan fingerprint density at radius 3 is 1.60 bits per heavy atom. The van der Waals surface area contributed by atoms with Gasteiger partial charge < -0.3 is 14.5 Å². The van der Waals surface area contributed by atoms with Crippen molar-refractivity contribution >= 4 is 24.9 Å². The normalized spacial score (nSPS) is 12.8. The van der Waals surface area contributed by atoms with E-state index in [4.69, 9.17) is 10.3 Å². The summed E-state index contributed by atoms with van der Waals surface area (Å²) in [5.41, 5.74) is 10.7. The van der Waals surface area contributed by atoms with E-state index < -0.39 is 7.81 Å². The first-order valence-electron chi connectivity index (χ1n) is 10.9. The van der Waals surface area contributed by atoms with Gasteiger partial charge in [0.2, 0.25) is 0 Å². The molecule has 2 aromatic carbocycles. The number of ether oxygens (including phenoxy) is 1. The molecule has 0 saturated carbocycles. The summed E-state index contributed by atoms with van der Waals surface area (Å²) in [6.07, 6.45) is 2.45. The Hall–Kier alpha value is -2.55. The van der Waals surface area contributed by atoms with Gasteiger partial charge in [0.15, 0.2) is 0 Å². The summed E-state index contributed by atoms with van der Waals surface area (Å²) < 4.78 is 65.2. The fourth-order valence-electron chi connectivity index (χ4n) is 2.69. The fourth-order valence-corrected chi connectivity index (χ4v) is 2.69. The second kappa shape index (κ2) is 11.9. The molecule has 2 N–H and O–H groups in total. The van der Waals surface area contributed by atoms with Crippen LogP contribution in [0.4, 0.5) is 42.2 Å². The number of nitrogens with zero attached hydrogens (tertiary/aromatic N) is 3. The van der Waals surface area contributed by atoms with Gasteiger partial charge in [0, 0.05) is 45.6 Å². The van der Waals surface area contributed by atoms with Gasteiger partial charge in [-0.1, -0.05) is 19.9 Å². The molecule has 0 spiro atoms. The summed E-state index contributed by atoms with van der Waals surface area (Å²) >= 11 is 0. The number of rotatable bonds is 7. The van der Waals surface area contributed by atoms with Crippen LogP contribution >= 0.6 is 7.81 Å². The molecule has 2 aromatic rings. The molecule has 12 heteroatoms. The van der Waals surface area contributed by atoms with Crippen LogP contribution in [0.5, 0.6) is 5.75 Å². The molecule has 0 amide bonds. The number of benzene rings is 2. The third-order valence-electron chi connectivity index (χ3n) is 4.73. The molecule has 0 radical (unpaired) electrons. The van der Waals surface area contributed by atoms with Crippen molar-refractivity contribution in [3.63, 3.8) is 0 Å². The molecular formula is C23H37F6N4OP. The SMILES string of the molecule is CCC(CC)Oc1cc(N(C)C)ccc1C.Cc1cc(N(C)C)ccc1N=[NH2+].F[P-](F)(F)(F)(F)F. The summed E-state index contributed by atoms with van der Waals surface area (Å²) in [7, 11) is -2.55. The molecule has 0 unspecified atom stereocenters. The van der Waals surface area contributed by atoms with Gasteiger partial charge in [-0.05, 0) is 67.2 Å². The molecule has 202 valence electrons. The van der Waals surface area contributed by atoms with Gasteiger partial charge in [0.25, 0.3) is 0 Å². The summed E-state index contributed by atoms with van der Waals surface area (Å²) in [4.78, 5) is 4.15. The van der Waals surface area contributed by atoms with Gasteiger partial charge in [-0.3, -0.25) is 0 Å². The Labute approximate surface area is 203 Å². The van der Waals surface area contributed by atoms with E-state index in [0.717, 1.165) is 29.8 Å². The van der Waals surface area contributed by atoms with Crippen molar-refractivity contribution in [3.05, 3.63) is 47.5 Å². The zero-order valence-corrected chi connectivity index (χ0v) is 22.4. The van der Waals surface area contributed by atoms with Gasteiger partial charge in [-0.15, -0.1) is 0 Å². The van der Waals surface area contributed by atoms with E-state index in [1.54, 1.807) is 0 Å². The van der Waals surface area contributed by atoms with E-state index in [-0.39, 0.29) is 0 Å². The Balaban J connectivity index is 0.000000537. The van der Waals surface area contributed by atoms with E-state index in [1.165, 1.54) is 16.9 Å². The topological polar surface area (TPSA) is 53.7 Å². The maximum atomic E-state index is 9.87. The summed E-state index contributed by atoms with van der Waals surface area (Å²) in [5, 5.41) is 3.65. The molecule has 0 heterocycles. The first-order chi connectivity index (χ1) is 15.7. The number of anilines is 2. The van der Waals surface area contributed by atoms with Crippen LogP contribution in [0.1, 0.15) is 37.8 Å². The van der Waals surface area contributed by atoms with E-state index in [9.17, 15) is 25.2 Å². The van der Waals surface area contributed by atoms with Crippen LogP contribution in [0.25, 0.3) is 0 Å². The Kier molecular flexibility index (Phi) is 11.1. The molecule has 0 bridgehead atoms. The Bertz CT molecular complexity index is 951. The number of hydrogen-bond donors (Lipinski definition) is 1. The summed E-state index contributed by atoms with van der Waals surface area (Å²) in [6, 6.07) is 12.3. The molecule has 35 heavy (non-hydrogen) atoms. The van der Waals surface area contributed by atoms with Crippen molar-refractivity contribution in [2.24, 2.45) is 5.11 Å². The first kappa shape index (κ1) is 32.5. The van der Waals surface area contributed by atoms with E-state index in [2.05, 4.69) is 55.1 Å². The molecule has 5 nitrogen and oxygen atoms in total. The maximum absolute atomic E-state index is 10.7. The molecule has 0 aliphatic heterocycles. The van der Waals surface area contributed by atoms with Crippen LogP contribution in [0.15, 0.2) is 41.5 Å². The van der Waals surface area contributed by atoms with Crippen molar-refractivity contribution in [1.29, 1.82) is 0 Å². The number of hydrogen-bond acceptors (Lipinski definition) is 4. The second-order valence-corrected chi connectivity index (χ2v) is 10.3. The average Bonchev–Trinajstić information content (AvgIpc) is 2.71. The number of nitrogens with two attached hydrogens (primary N) is 1. The Morgan fingerprint density at radius 1 is 0.800 bits per heavy atom. The molecule has 0 aliphatic rings. The minimum absolute atomic E-state index is 0.330. The predicted octanol–water partition coefficient (Wildman–Crippen LogP) is 7.91. The molecule has 0 aromatic heterocycles. The van der Waals surface area contributed by atoms with Gasteiger partial charge >= 0.3 is 33.0 Å². The predicted molar refractivity (Wildman–Crippen MR) is 134 cm³/mol. The van der Waals surface area contributed by atoms with E-state index >= 15 is 0 Å². The zero-order chi connectivity index (χ0) is 27.7. The molecular weight excluding hydrogens is 493 g/mol. The van der Waals surface area contributed by atoms with Crippen molar-refractivity contribution in [2.75, 3.05) is 38.0 Å². The van der Waals surface area contributed by atoms with Gasteiger partial charge in [0.1, 0.15) is 11.4 Å². The molecule has 2 rings (SSSR count). The van der Waals surface area contributed by atoms with Crippen molar-refractivity contribution in [3.8, 4) is 5.75 Å². The standard InChI is InChI=1S/C14H23NO.C9H13N3.F6P/c1-6-13(7-2)16-14-10-12(15(4)5)9-8-11(14)3;1-7-6-8(12(2)3)4-5-9(7)11-10;1-7(2,3,4,5)6/h8-10,13H,6-7H2,1-5H3;4-6,10H,1-3H3;/q;;-1/p+1. The van der Waals surface area contributed by atoms with Crippen LogP contribution in [-0.2, 0) is 0 Å². The second-order valence-electron chi connectivity index (χ2n) is 8.35. The van der Waals surface area contributed by atoms with Crippen LogP contribution in [0.3, 0.4) is 0 Å². The van der Waals surface area contributed by atoms with Crippen molar-refractivity contribution < 1.29 is 35.4 Å². The van der Waals surface area contributed by atoms with E-state index in [0.29, 0.717) is 6.10 Å². The first-order valence-corrected chi connectivity index (χ1v) is 12.9. The number of halogens is 6. The van der Waals surface area contributed by atoms with Crippen LogP contribution in [-0.4, -0.2) is 34.3 Å². The third kappa shape index (κ3) is 15.9. The quantitative estimate of drug-likeness (QED) is 0.225. The molecule has 0 saturated heterocycles. The Morgan fingerprint density at radius 2 is 1.23 bits per heavy atom. The van der Waals surface area contributed by atoms with Crippen molar-refractivity contribution in [2.45, 2.75) is 46.6 Å². The zero-order valence-electron chi connectivity index (χ0n) is 21.5. The van der Waals surface area contributed by atoms with Gasteiger partial charge in [0.05, 0.1) is 6.10 Å². The average molecular weight is 531 g/mol. The van der Waals surface area contributed by atoms with Crippen molar-refractivity contribution in [1.82, 2.24) is 0 Å². The number of aryl methyl sites for hydroxylation is 2. The van der Waals surface area contributed by atoms with Gasteiger partial charge in [-0.25, -0.2) is 0 Å². The van der Waals surface area contributed by atoms with Crippen LogP contribution in [0.2, 0.25) is 0 Å². The summed E-state index contributed by atoms with van der Waals surface area (Å²) in [6.45, 7) is 8.43. The molecule has 0 atom stereocenters. The monoisotopic (exact) mass is 530 g/mol. The van der Waals surface area contributed by atoms with E-state index in [1.807, 2.05) is 52.1 Å². The fraction of sp³-hybridized carbons (Fsp3) is 0.478. The molecule has 0 aliphatic carbocycles. The minimum atomic E-state index is -10.7. The molecule has 0 fully saturated rings.